The molecule has 0 unspecified atom stereocenters. The van der Waals surface area contributed by atoms with Crippen molar-refractivity contribution in [1.29, 1.82) is 0 Å². The van der Waals surface area contributed by atoms with Crippen molar-refractivity contribution in [2.45, 2.75) is 26.3 Å². The van der Waals surface area contributed by atoms with E-state index in [-0.39, 0.29) is 18.3 Å². The zero-order valence-electron chi connectivity index (χ0n) is 17.6. The largest absolute Gasteiger partial charge is 0.420 e. The number of aryl methyl sites for hydroxylation is 1. The molecule has 2 heterocycles. The number of nitrogens with one attached hydrogen (secondary N) is 1. The summed E-state index contributed by atoms with van der Waals surface area (Å²) in [6.07, 6.45) is 0.959. The first-order valence-corrected chi connectivity index (χ1v) is 10.7. The van der Waals surface area contributed by atoms with Crippen molar-refractivity contribution in [2.75, 3.05) is 0 Å². The minimum Gasteiger partial charge on any atom is -0.420 e. The third kappa shape index (κ3) is 3.54. The average Bonchev–Trinajstić information content (AvgIpc) is 3.44. The van der Waals surface area contributed by atoms with Crippen LogP contribution in [0.15, 0.2) is 46.9 Å². The van der Waals surface area contributed by atoms with Crippen molar-refractivity contribution >= 4 is 34.3 Å². The molecule has 8 nitrogen and oxygen atoms in total. The van der Waals surface area contributed by atoms with Crippen molar-refractivity contribution in [3.63, 3.8) is 0 Å². The topological polar surface area (TPSA) is 116 Å². The van der Waals surface area contributed by atoms with Gasteiger partial charge in [0.1, 0.15) is 16.9 Å². The Hall–Kier alpha value is -3.72. The van der Waals surface area contributed by atoms with Crippen LogP contribution in [0.2, 0.25) is 5.02 Å². The second-order valence-corrected chi connectivity index (χ2v) is 8.46. The van der Waals surface area contributed by atoms with Crippen LogP contribution in [0.1, 0.15) is 24.3 Å². The Labute approximate surface area is 192 Å². The fraction of sp³-hybridized carbons (Fsp3) is 0.217. The maximum Gasteiger partial charge on any atom is 0.266 e. The van der Waals surface area contributed by atoms with Crippen LogP contribution in [0.25, 0.3) is 28.2 Å². The molecular formula is C23H19ClFN5O3. The molecule has 10 heteroatoms. The lowest BCUT2D eigenvalue weighted by Crippen LogP contribution is -2.40. The summed E-state index contributed by atoms with van der Waals surface area (Å²) in [5.74, 6) is -0.762. The van der Waals surface area contributed by atoms with Gasteiger partial charge in [-0.2, -0.15) is 0 Å². The highest BCUT2D eigenvalue weighted by molar-refractivity contribution is 6.38. The number of aromatic nitrogens is 3. The molecular weight excluding hydrogens is 449 g/mol. The Morgan fingerprint density at radius 3 is 2.55 bits per heavy atom. The van der Waals surface area contributed by atoms with Crippen LogP contribution in [0, 0.1) is 18.2 Å². The monoisotopic (exact) mass is 467 g/mol. The highest BCUT2D eigenvalue weighted by Crippen LogP contribution is 2.45. The third-order valence-corrected chi connectivity index (χ3v) is 6.28. The summed E-state index contributed by atoms with van der Waals surface area (Å²) in [5, 5.41) is 11.6. The van der Waals surface area contributed by atoms with Gasteiger partial charge in [-0.05, 0) is 48.7 Å². The van der Waals surface area contributed by atoms with Crippen molar-refractivity contribution < 1.29 is 18.4 Å². The minimum atomic E-state index is -1.06. The molecule has 5 rings (SSSR count). The number of carbonyl (C=O) groups excluding carboxylic acids is 2. The lowest BCUT2D eigenvalue weighted by Gasteiger charge is -2.13. The Morgan fingerprint density at radius 1 is 1.21 bits per heavy atom. The molecule has 0 radical (unpaired) electrons. The predicted octanol–water partition coefficient (Wildman–Crippen LogP) is 3.66. The van der Waals surface area contributed by atoms with Gasteiger partial charge < -0.3 is 20.0 Å². The average molecular weight is 468 g/mol. The molecule has 2 amide bonds. The SMILES string of the molecule is Cc1nnc(-c2c(Cl)c3cc(F)ccc3n2-c2ccc(CNC(=O)C3(C(N)=O)CC3)cc2)o1. The molecule has 0 bridgehead atoms. The normalized spacial score (nSPS) is 14.4. The highest BCUT2D eigenvalue weighted by atomic mass is 35.5. The molecule has 0 atom stereocenters. The Balaban J connectivity index is 1.49. The number of halogens is 2. The molecule has 168 valence electrons. The first kappa shape index (κ1) is 21.1. The number of benzene rings is 2. The lowest BCUT2D eigenvalue weighted by molar-refractivity contribution is -0.135. The lowest BCUT2D eigenvalue weighted by atomic mass is 10.1. The van der Waals surface area contributed by atoms with E-state index in [9.17, 15) is 14.0 Å². The van der Waals surface area contributed by atoms with Gasteiger partial charge in [-0.25, -0.2) is 4.39 Å². The number of nitrogens with two attached hydrogens (primary N) is 1. The first-order chi connectivity index (χ1) is 15.8. The number of fused-ring (bicyclic) bond motifs is 1. The Morgan fingerprint density at radius 2 is 1.94 bits per heavy atom. The molecule has 3 N–H and O–H groups in total. The number of hydrogen-bond donors (Lipinski definition) is 2. The van der Waals surface area contributed by atoms with E-state index in [1.807, 2.05) is 28.8 Å². The minimum absolute atomic E-state index is 0.214. The number of carbonyl (C=O) groups is 2. The number of rotatable bonds is 6. The van der Waals surface area contributed by atoms with Gasteiger partial charge in [-0.15, -0.1) is 10.2 Å². The van der Waals surface area contributed by atoms with E-state index in [4.69, 9.17) is 21.8 Å². The van der Waals surface area contributed by atoms with Crippen molar-refractivity contribution in [2.24, 2.45) is 11.1 Å². The summed E-state index contributed by atoms with van der Waals surface area (Å²) in [5.41, 5.74) is 6.98. The van der Waals surface area contributed by atoms with Gasteiger partial charge in [0.15, 0.2) is 0 Å². The van der Waals surface area contributed by atoms with E-state index in [0.717, 1.165) is 11.3 Å². The Kier molecular flexibility index (Phi) is 4.93. The van der Waals surface area contributed by atoms with Crippen LogP contribution in [0.5, 0.6) is 0 Å². The smallest absolute Gasteiger partial charge is 0.266 e. The quantitative estimate of drug-likeness (QED) is 0.420. The van der Waals surface area contributed by atoms with Crippen LogP contribution in [0.4, 0.5) is 4.39 Å². The zero-order chi connectivity index (χ0) is 23.3. The molecule has 2 aromatic heterocycles. The first-order valence-electron chi connectivity index (χ1n) is 10.3. The van der Waals surface area contributed by atoms with E-state index in [1.54, 1.807) is 13.0 Å². The molecule has 1 saturated carbocycles. The fourth-order valence-electron chi connectivity index (χ4n) is 3.90. The Bertz CT molecular complexity index is 1410. The second-order valence-electron chi connectivity index (χ2n) is 8.08. The van der Waals surface area contributed by atoms with Gasteiger partial charge in [0, 0.05) is 24.5 Å². The van der Waals surface area contributed by atoms with E-state index < -0.39 is 17.1 Å². The summed E-state index contributed by atoms with van der Waals surface area (Å²) in [6.45, 7) is 1.92. The number of primary amides is 1. The molecule has 0 spiro atoms. The van der Waals surface area contributed by atoms with Gasteiger partial charge in [0.05, 0.1) is 10.5 Å². The summed E-state index contributed by atoms with van der Waals surface area (Å²) in [7, 11) is 0. The van der Waals surface area contributed by atoms with E-state index >= 15 is 0 Å². The van der Waals surface area contributed by atoms with E-state index in [1.165, 1.54) is 12.1 Å². The molecule has 0 aliphatic heterocycles. The van der Waals surface area contributed by atoms with Crippen molar-refractivity contribution in [3.05, 3.63) is 64.8 Å². The van der Waals surface area contributed by atoms with Crippen LogP contribution in [-0.2, 0) is 16.1 Å². The van der Waals surface area contributed by atoms with Crippen LogP contribution in [-0.4, -0.2) is 26.6 Å². The van der Waals surface area contributed by atoms with E-state index in [2.05, 4.69) is 15.5 Å². The van der Waals surface area contributed by atoms with Crippen molar-refractivity contribution in [3.8, 4) is 17.3 Å². The second kappa shape index (κ2) is 7.70. The van der Waals surface area contributed by atoms with Gasteiger partial charge in [0.2, 0.25) is 17.7 Å². The number of hydrogen-bond acceptors (Lipinski definition) is 5. The molecule has 4 aromatic rings. The maximum atomic E-state index is 13.9. The molecule has 1 aliphatic carbocycles. The zero-order valence-corrected chi connectivity index (χ0v) is 18.3. The van der Waals surface area contributed by atoms with Crippen molar-refractivity contribution in [1.82, 2.24) is 20.1 Å². The molecule has 33 heavy (non-hydrogen) atoms. The standard InChI is InChI=1S/C23H19ClFN5O3/c1-12-28-29-20(33-12)19-18(24)16-10-14(25)4-7-17(16)30(19)15-5-2-13(3-6-15)11-27-22(32)23(8-9-23)21(26)31/h2-7,10H,8-9,11H2,1H3,(H2,26,31)(H,27,32). The molecule has 0 saturated heterocycles. The molecule has 2 aromatic carbocycles. The summed E-state index contributed by atoms with van der Waals surface area (Å²) >= 11 is 6.62. The van der Waals surface area contributed by atoms with Gasteiger partial charge in [-0.3, -0.25) is 9.59 Å². The summed E-state index contributed by atoms with van der Waals surface area (Å²) in [6, 6.07) is 11.7. The van der Waals surface area contributed by atoms with Crippen LogP contribution in [0.3, 0.4) is 0 Å². The van der Waals surface area contributed by atoms with Gasteiger partial charge in [-0.1, -0.05) is 23.7 Å². The molecule has 1 fully saturated rings. The fourth-order valence-corrected chi connectivity index (χ4v) is 4.22. The van der Waals surface area contributed by atoms with Crippen LogP contribution >= 0.6 is 11.6 Å². The summed E-state index contributed by atoms with van der Waals surface area (Å²) < 4.78 is 21.4. The third-order valence-electron chi connectivity index (χ3n) is 5.90. The van der Waals surface area contributed by atoms with Gasteiger partial charge >= 0.3 is 0 Å². The molecule has 1 aliphatic rings. The number of amides is 2. The summed E-state index contributed by atoms with van der Waals surface area (Å²) in [4.78, 5) is 23.9. The van der Waals surface area contributed by atoms with E-state index in [0.29, 0.717) is 40.4 Å². The maximum absolute atomic E-state index is 13.9. The van der Waals surface area contributed by atoms with Crippen LogP contribution < -0.4 is 11.1 Å². The highest BCUT2D eigenvalue weighted by Gasteiger charge is 2.55. The number of nitrogens with zero attached hydrogens (tertiary/aromatic N) is 3. The predicted molar refractivity (Wildman–Crippen MR) is 119 cm³/mol. The van der Waals surface area contributed by atoms with Gasteiger partial charge in [0.25, 0.3) is 5.89 Å².